The molecular formula is C24H33N3O3S. The van der Waals surface area contributed by atoms with Crippen LogP contribution in [0.15, 0.2) is 47.4 Å². The molecule has 0 radical (unpaired) electrons. The van der Waals surface area contributed by atoms with Gasteiger partial charge in [0.05, 0.1) is 4.90 Å². The fraction of sp³-hybridized carbons (Fsp3) is 0.458. The van der Waals surface area contributed by atoms with Crippen molar-refractivity contribution in [2.75, 3.05) is 30.9 Å². The Morgan fingerprint density at radius 3 is 2.42 bits per heavy atom. The van der Waals surface area contributed by atoms with Gasteiger partial charge in [-0.2, -0.15) is 0 Å². The normalized spacial score (nSPS) is 15.6. The number of carbonyl (C=O) groups excluding carboxylic acids is 1. The zero-order valence-electron chi connectivity index (χ0n) is 18.6. The lowest BCUT2D eigenvalue weighted by atomic mass is 9.99. The van der Waals surface area contributed by atoms with Gasteiger partial charge in [-0.3, -0.25) is 9.52 Å². The maximum Gasteiger partial charge on any atom is 0.262 e. The zero-order valence-corrected chi connectivity index (χ0v) is 19.5. The first-order valence-electron chi connectivity index (χ1n) is 11.0. The minimum Gasteiger partial charge on any atom is -0.352 e. The van der Waals surface area contributed by atoms with Crippen molar-refractivity contribution in [3.63, 3.8) is 0 Å². The largest absolute Gasteiger partial charge is 0.352 e. The van der Waals surface area contributed by atoms with E-state index in [0.717, 1.165) is 37.5 Å². The lowest BCUT2D eigenvalue weighted by Crippen LogP contribution is -2.35. The molecule has 2 N–H and O–H groups in total. The molecule has 1 amide bonds. The average molecular weight is 444 g/mol. The second-order valence-electron chi connectivity index (χ2n) is 8.59. The number of nitrogens with one attached hydrogen (secondary N) is 2. The van der Waals surface area contributed by atoms with Crippen LogP contribution < -0.4 is 10.0 Å². The molecule has 0 atom stereocenters. The van der Waals surface area contributed by atoms with Crippen molar-refractivity contribution in [2.45, 2.75) is 44.9 Å². The van der Waals surface area contributed by atoms with E-state index in [-0.39, 0.29) is 10.8 Å². The smallest absolute Gasteiger partial charge is 0.262 e. The number of likely N-dealkylation sites (tertiary alicyclic amines) is 1. The van der Waals surface area contributed by atoms with E-state index in [0.29, 0.717) is 23.4 Å². The summed E-state index contributed by atoms with van der Waals surface area (Å²) in [5, 5.41) is 2.92. The average Bonchev–Trinajstić information content (AvgIpc) is 2.74. The monoisotopic (exact) mass is 443 g/mol. The van der Waals surface area contributed by atoms with Gasteiger partial charge in [0, 0.05) is 17.8 Å². The van der Waals surface area contributed by atoms with E-state index in [1.54, 1.807) is 31.2 Å². The van der Waals surface area contributed by atoms with Gasteiger partial charge >= 0.3 is 0 Å². The van der Waals surface area contributed by atoms with E-state index in [9.17, 15) is 13.2 Å². The Morgan fingerprint density at radius 1 is 1.06 bits per heavy atom. The number of benzene rings is 2. The number of anilines is 1. The number of hydrogen-bond acceptors (Lipinski definition) is 4. The van der Waals surface area contributed by atoms with Gasteiger partial charge in [-0.05, 0) is 88.5 Å². The van der Waals surface area contributed by atoms with Crippen LogP contribution >= 0.6 is 0 Å². The van der Waals surface area contributed by atoms with Crippen molar-refractivity contribution in [1.29, 1.82) is 0 Å². The quantitative estimate of drug-likeness (QED) is 0.606. The minimum atomic E-state index is -3.79. The fourth-order valence-electron chi connectivity index (χ4n) is 3.75. The molecule has 1 aliphatic rings. The van der Waals surface area contributed by atoms with Crippen LogP contribution in [0.1, 0.15) is 47.7 Å². The summed E-state index contributed by atoms with van der Waals surface area (Å²) >= 11 is 0. The van der Waals surface area contributed by atoms with E-state index in [1.165, 1.54) is 18.9 Å². The highest BCUT2D eigenvalue weighted by molar-refractivity contribution is 7.92. The second-order valence-corrected chi connectivity index (χ2v) is 10.2. The molecule has 168 valence electrons. The summed E-state index contributed by atoms with van der Waals surface area (Å²) in [6.45, 7) is 9.76. The van der Waals surface area contributed by atoms with Crippen LogP contribution in [0.4, 0.5) is 5.69 Å². The highest BCUT2D eigenvalue weighted by atomic mass is 32.2. The predicted molar refractivity (Wildman–Crippen MR) is 125 cm³/mol. The third-order valence-electron chi connectivity index (χ3n) is 5.86. The Hall–Kier alpha value is -2.38. The van der Waals surface area contributed by atoms with Gasteiger partial charge in [0.1, 0.15) is 0 Å². The molecule has 2 aromatic carbocycles. The third kappa shape index (κ3) is 6.55. The van der Waals surface area contributed by atoms with Crippen LogP contribution in [0.25, 0.3) is 0 Å². The summed E-state index contributed by atoms with van der Waals surface area (Å²) in [7, 11) is -3.79. The van der Waals surface area contributed by atoms with Gasteiger partial charge in [-0.15, -0.1) is 0 Å². The lowest BCUT2D eigenvalue weighted by Gasteiger charge is -2.30. The summed E-state index contributed by atoms with van der Waals surface area (Å²) in [6, 6.07) is 11.9. The zero-order chi connectivity index (χ0) is 22.4. The first-order valence-corrected chi connectivity index (χ1v) is 12.4. The standard InChI is InChI=1S/C24H33N3O3S/c1-18-5-9-22(10-6-18)26-31(29,30)23-17-21(8-7-20(23)3)24(28)25-13-4-14-27-15-11-19(2)12-16-27/h5-10,17,19,26H,4,11-16H2,1-3H3,(H,25,28). The summed E-state index contributed by atoms with van der Waals surface area (Å²) in [5.74, 6) is 0.558. The molecule has 1 fully saturated rings. The van der Waals surface area contributed by atoms with E-state index in [4.69, 9.17) is 0 Å². The fourth-order valence-corrected chi connectivity index (χ4v) is 5.09. The van der Waals surface area contributed by atoms with E-state index in [1.807, 2.05) is 19.1 Å². The first kappa shape index (κ1) is 23.3. The van der Waals surface area contributed by atoms with E-state index < -0.39 is 10.0 Å². The molecular weight excluding hydrogens is 410 g/mol. The predicted octanol–water partition coefficient (Wildman–Crippen LogP) is 3.96. The lowest BCUT2D eigenvalue weighted by molar-refractivity contribution is 0.0950. The summed E-state index contributed by atoms with van der Waals surface area (Å²) in [6.07, 6.45) is 3.36. The number of nitrogens with zero attached hydrogens (tertiary/aromatic N) is 1. The summed E-state index contributed by atoms with van der Waals surface area (Å²) in [4.78, 5) is 15.1. The molecule has 0 aromatic heterocycles. The van der Waals surface area contributed by atoms with Gasteiger partial charge in [0.15, 0.2) is 0 Å². The van der Waals surface area contributed by atoms with Crippen molar-refractivity contribution >= 4 is 21.6 Å². The molecule has 0 aliphatic carbocycles. The number of hydrogen-bond donors (Lipinski definition) is 2. The number of rotatable bonds is 8. The van der Waals surface area contributed by atoms with Crippen LogP contribution in [0.2, 0.25) is 0 Å². The van der Waals surface area contributed by atoms with Crippen molar-refractivity contribution in [2.24, 2.45) is 5.92 Å². The van der Waals surface area contributed by atoms with Crippen LogP contribution in [-0.2, 0) is 10.0 Å². The molecule has 31 heavy (non-hydrogen) atoms. The van der Waals surface area contributed by atoms with Crippen molar-refractivity contribution in [1.82, 2.24) is 10.2 Å². The number of carbonyl (C=O) groups is 1. The Morgan fingerprint density at radius 2 is 1.74 bits per heavy atom. The SMILES string of the molecule is Cc1ccc(NS(=O)(=O)c2cc(C(=O)NCCCN3CCC(C)CC3)ccc2C)cc1. The van der Waals surface area contributed by atoms with Gasteiger partial charge in [-0.1, -0.05) is 30.7 Å². The Labute approximate surface area is 186 Å². The van der Waals surface area contributed by atoms with Crippen molar-refractivity contribution in [3.05, 3.63) is 59.2 Å². The molecule has 6 nitrogen and oxygen atoms in total. The topological polar surface area (TPSA) is 78.5 Å². The van der Waals surface area contributed by atoms with Crippen molar-refractivity contribution in [3.8, 4) is 0 Å². The molecule has 1 aliphatic heterocycles. The van der Waals surface area contributed by atoms with Crippen LogP contribution in [0.3, 0.4) is 0 Å². The highest BCUT2D eigenvalue weighted by Gasteiger charge is 2.20. The minimum absolute atomic E-state index is 0.114. The maximum absolute atomic E-state index is 12.9. The van der Waals surface area contributed by atoms with Gasteiger partial charge in [-0.25, -0.2) is 8.42 Å². The molecule has 0 bridgehead atoms. The molecule has 3 rings (SSSR count). The Kier molecular flexibility index (Phi) is 7.73. The molecule has 2 aromatic rings. The second kappa shape index (κ2) is 10.3. The van der Waals surface area contributed by atoms with Gasteiger partial charge in [0.25, 0.3) is 15.9 Å². The van der Waals surface area contributed by atoms with Crippen molar-refractivity contribution < 1.29 is 13.2 Å². The molecule has 0 unspecified atom stereocenters. The highest BCUT2D eigenvalue weighted by Crippen LogP contribution is 2.21. The molecule has 7 heteroatoms. The molecule has 0 spiro atoms. The first-order chi connectivity index (χ1) is 14.7. The molecule has 1 saturated heterocycles. The number of piperidine rings is 1. The van der Waals surface area contributed by atoms with Crippen LogP contribution in [0, 0.1) is 19.8 Å². The summed E-state index contributed by atoms with van der Waals surface area (Å²) < 4.78 is 28.4. The number of amides is 1. The van der Waals surface area contributed by atoms with Crippen LogP contribution in [-0.4, -0.2) is 45.4 Å². The van der Waals surface area contributed by atoms with Gasteiger partial charge < -0.3 is 10.2 Å². The molecule has 1 heterocycles. The third-order valence-corrected chi connectivity index (χ3v) is 7.38. The van der Waals surface area contributed by atoms with E-state index in [2.05, 4.69) is 21.9 Å². The van der Waals surface area contributed by atoms with Crippen LogP contribution in [0.5, 0.6) is 0 Å². The summed E-state index contributed by atoms with van der Waals surface area (Å²) in [5.41, 5.74) is 2.48. The number of sulfonamides is 1. The molecule has 0 saturated carbocycles. The Balaban J connectivity index is 1.59. The number of aryl methyl sites for hydroxylation is 2. The Bertz CT molecular complexity index is 995. The maximum atomic E-state index is 12.9. The van der Waals surface area contributed by atoms with E-state index >= 15 is 0 Å². The van der Waals surface area contributed by atoms with Gasteiger partial charge in [0.2, 0.25) is 0 Å².